The predicted molar refractivity (Wildman–Crippen MR) is 161 cm³/mol. The number of nitrogens with zero attached hydrogens (tertiary/aromatic N) is 2. The van der Waals surface area contributed by atoms with E-state index in [1.807, 2.05) is 6.92 Å². The summed E-state index contributed by atoms with van der Waals surface area (Å²) in [5.41, 5.74) is -0.532. The van der Waals surface area contributed by atoms with Crippen LogP contribution in [0.4, 0.5) is 17.1 Å². The Kier molecular flexibility index (Phi) is 25.3. The number of esters is 1. The number of hydrogen-bond acceptors (Lipinski definition) is 15. The molecule has 0 atom stereocenters. The van der Waals surface area contributed by atoms with Crippen LogP contribution in [0.1, 0.15) is 19.8 Å². The van der Waals surface area contributed by atoms with E-state index in [4.69, 9.17) is 42.6 Å². The molecule has 0 spiro atoms. The van der Waals surface area contributed by atoms with Gasteiger partial charge in [0, 0.05) is 19.0 Å². The fourth-order valence-corrected chi connectivity index (χ4v) is 3.32. The van der Waals surface area contributed by atoms with Crippen LogP contribution in [0, 0.1) is 20.2 Å². The Morgan fingerprint density at radius 2 is 1.02 bits per heavy atom. The number of nitro benzene ring substituents is 2. The summed E-state index contributed by atoms with van der Waals surface area (Å²) in [6, 6.07) is 3.42. The van der Waals surface area contributed by atoms with E-state index >= 15 is 0 Å². The molecule has 1 aromatic carbocycles. The molecular weight excluding hydrogens is 602 g/mol. The number of carbonyl (C=O) groups is 1. The van der Waals surface area contributed by atoms with Gasteiger partial charge in [-0.2, -0.15) is 0 Å². The van der Waals surface area contributed by atoms with Gasteiger partial charge in [0.2, 0.25) is 0 Å². The average molecular weight is 650 g/mol. The molecule has 17 heteroatoms. The first kappa shape index (κ1) is 40.0. The van der Waals surface area contributed by atoms with Crippen LogP contribution in [0.5, 0.6) is 0 Å². The Bertz CT molecular complexity index is 924. The molecule has 1 aromatic rings. The first-order chi connectivity index (χ1) is 22.0. The molecule has 0 saturated heterocycles. The normalized spacial score (nSPS) is 11.0. The number of ether oxygens (including phenoxy) is 9. The smallest absolute Gasteiger partial charge is 0.305 e. The van der Waals surface area contributed by atoms with E-state index in [0.29, 0.717) is 106 Å². The summed E-state index contributed by atoms with van der Waals surface area (Å²) >= 11 is 0. The number of nitro groups is 2. The van der Waals surface area contributed by atoms with Crippen LogP contribution in [0.15, 0.2) is 18.2 Å². The number of carbonyl (C=O) groups excluding carboxylic acids is 1. The van der Waals surface area contributed by atoms with Gasteiger partial charge in [-0.25, -0.2) is 0 Å². The summed E-state index contributed by atoms with van der Waals surface area (Å²) in [7, 11) is 0. The van der Waals surface area contributed by atoms with Gasteiger partial charge in [-0.05, 0) is 12.5 Å². The highest BCUT2D eigenvalue weighted by Gasteiger charge is 2.19. The van der Waals surface area contributed by atoms with Crippen molar-refractivity contribution in [3.8, 4) is 0 Å². The number of anilines is 1. The SMILES string of the molecule is CCCC(=O)OCCOCCOCCOCCOCCOCCOCCOCCOCCNc1ccc([N+](=O)[O-])cc1[N+](=O)[O-]. The molecule has 0 aromatic heterocycles. The lowest BCUT2D eigenvalue weighted by Crippen LogP contribution is -2.16. The number of benzene rings is 1. The van der Waals surface area contributed by atoms with E-state index in [-0.39, 0.29) is 42.8 Å². The molecule has 1 rings (SSSR count). The van der Waals surface area contributed by atoms with E-state index in [9.17, 15) is 25.0 Å². The van der Waals surface area contributed by atoms with Crippen molar-refractivity contribution in [3.05, 3.63) is 38.4 Å². The molecule has 0 radical (unpaired) electrons. The molecule has 0 heterocycles. The van der Waals surface area contributed by atoms with E-state index < -0.39 is 9.85 Å². The molecular formula is C28H47N3O14. The molecule has 0 aliphatic heterocycles. The monoisotopic (exact) mass is 649 g/mol. The summed E-state index contributed by atoms with van der Waals surface area (Å²) in [6.07, 6.45) is 1.20. The fourth-order valence-electron chi connectivity index (χ4n) is 3.32. The van der Waals surface area contributed by atoms with Crippen molar-refractivity contribution < 1.29 is 57.3 Å². The van der Waals surface area contributed by atoms with Gasteiger partial charge in [0.1, 0.15) is 12.3 Å². The molecule has 258 valence electrons. The Morgan fingerprint density at radius 3 is 1.40 bits per heavy atom. The maximum Gasteiger partial charge on any atom is 0.305 e. The summed E-state index contributed by atoms with van der Waals surface area (Å²) in [5, 5.41) is 24.8. The molecule has 0 saturated carbocycles. The van der Waals surface area contributed by atoms with Crippen LogP contribution >= 0.6 is 0 Å². The van der Waals surface area contributed by atoms with E-state index in [1.54, 1.807) is 0 Å². The van der Waals surface area contributed by atoms with Gasteiger partial charge in [0.05, 0.1) is 122 Å². The second-order valence-electron chi connectivity index (χ2n) is 9.01. The van der Waals surface area contributed by atoms with Gasteiger partial charge in [-0.3, -0.25) is 25.0 Å². The first-order valence-electron chi connectivity index (χ1n) is 14.9. The van der Waals surface area contributed by atoms with E-state index in [1.165, 1.54) is 12.1 Å². The van der Waals surface area contributed by atoms with Crippen molar-refractivity contribution in [2.45, 2.75) is 19.8 Å². The third-order valence-electron chi connectivity index (χ3n) is 5.50. The predicted octanol–water partition coefficient (Wildman–Crippen LogP) is 2.39. The number of hydrogen-bond donors (Lipinski definition) is 1. The second-order valence-corrected chi connectivity index (χ2v) is 9.01. The molecule has 17 nitrogen and oxygen atoms in total. The molecule has 1 N–H and O–H groups in total. The lowest BCUT2D eigenvalue weighted by Gasteiger charge is -2.09. The third kappa shape index (κ3) is 23.0. The highest BCUT2D eigenvalue weighted by Crippen LogP contribution is 2.28. The van der Waals surface area contributed by atoms with Crippen molar-refractivity contribution in [1.29, 1.82) is 0 Å². The van der Waals surface area contributed by atoms with Crippen LogP contribution < -0.4 is 5.32 Å². The quantitative estimate of drug-likeness (QED) is 0.0516. The molecule has 0 amide bonds. The minimum absolute atomic E-state index is 0.183. The van der Waals surface area contributed by atoms with Crippen molar-refractivity contribution in [2.75, 3.05) is 124 Å². The zero-order chi connectivity index (χ0) is 32.8. The van der Waals surface area contributed by atoms with E-state index in [0.717, 1.165) is 12.5 Å². The molecule has 0 fully saturated rings. The van der Waals surface area contributed by atoms with Crippen LogP contribution in [0.25, 0.3) is 0 Å². The number of nitrogens with one attached hydrogen (secondary N) is 1. The Hall–Kier alpha value is -3.03. The Labute approximate surface area is 262 Å². The lowest BCUT2D eigenvalue weighted by molar-refractivity contribution is -0.393. The molecule has 0 aliphatic carbocycles. The second kappa shape index (κ2) is 28.4. The minimum Gasteiger partial charge on any atom is -0.463 e. The van der Waals surface area contributed by atoms with Gasteiger partial charge in [0.25, 0.3) is 11.4 Å². The standard InChI is InChI=1S/C28H47N3O14/c1-2-3-28(32)45-23-22-44-21-20-43-19-18-42-17-16-41-15-14-40-13-12-39-11-10-38-9-8-37-7-6-29-26-5-4-25(30(33)34)24-27(26)31(35)36/h4-5,24,29H,2-3,6-23H2,1H3. The average Bonchev–Trinajstić information content (AvgIpc) is 3.02. The summed E-state index contributed by atoms with van der Waals surface area (Å²) in [5.74, 6) is -0.203. The van der Waals surface area contributed by atoms with Crippen molar-refractivity contribution in [3.63, 3.8) is 0 Å². The highest BCUT2D eigenvalue weighted by molar-refractivity contribution is 5.69. The fraction of sp³-hybridized carbons (Fsp3) is 0.750. The van der Waals surface area contributed by atoms with Gasteiger partial charge in [-0.1, -0.05) is 6.92 Å². The van der Waals surface area contributed by atoms with E-state index in [2.05, 4.69) is 5.32 Å². The van der Waals surface area contributed by atoms with Crippen LogP contribution in [-0.2, 0) is 47.4 Å². The summed E-state index contributed by atoms with van der Waals surface area (Å²) in [4.78, 5) is 31.7. The van der Waals surface area contributed by atoms with Crippen LogP contribution in [-0.4, -0.2) is 135 Å². The Balaban J connectivity index is 1.76. The third-order valence-corrected chi connectivity index (χ3v) is 5.50. The molecule has 0 bridgehead atoms. The topological polar surface area (TPSA) is 198 Å². The zero-order valence-corrected chi connectivity index (χ0v) is 26.0. The maximum atomic E-state index is 11.2. The molecule has 0 aliphatic rings. The van der Waals surface area contributed by atoms with Crippen LogP contribution in [0.3, 0.4) is 0 Å². The largest absolute Gasteiger partial charge is 0.463 e. The summed E-state index contributed by atoms with van der Waals surface area (Å²) < 4.78 is 48.2. The van der Waals surface area contributed by atoms with Gasteiger partial charge >= 0.3 is 5.97 Å². The zero-order valence-electron chi connectivity index (χ0n) is 26.0. The Morgan fingerprint density at radius 1 is 0.622 bits per heavy atom. The van der Waals surface area contributed by atoms with Crippen molar-refractivity contribution >= 4 is 23.0 Å². The highest BCUT2D eigenvalue weighted by atomic mass is 16.6. The van der Waals surface area contributed by atoms with Crippen LogP contribution in [0.2, 0.25) is 0 Å². The first-order valence-corrected chi connectivity index (χ1v) is 14.9. The minimum atomic E-state index is -0.684. The maximum absolute atomic E-state index is 11.2. The number of rotatable bonds is 32. The van der Waals surface area contributed by atoms with Crippen molar-refractivity contribution in [1.82, 2.24) is 0 Å². The lowest BCUT2D eigenvalue weighted by atomic mass is 10.2. The van der Waals surface area contributed by atoms with Gasteiger partial charge in [0.15, 0.2) is 0 Å². The molecule has 0 unspecified atom stereocenters. The van der Waals surface area contributed by atoms with Gasteiger partial charge in [-0.15, -0.1) is 0 Å². The van der Waals surface area contributed by atoms with Gasteiger partial charge < -0.3 is 47.9 Å². The summed E-state index contributed by atoms with van der Waals surface area (Å²) in [6.45, 7) is 9.09. The van der Waals surface area contributed by atoms with Crippen molar-refractivity contribution in [2.24, 2.45) is 0 Å². The molecule has 45 heavy (non-hydrogen) atoms. The number of non-ortho nitro benzene ring substituents is 1.